The second kappa shape index (κ2) is 7.30. The predicted molar refractivity (Wildman–Crippen MR) is 64.9 cm³/mol. The lowest BCUT2D eigenvalue weighted by atomic mass is 10.3. The molecule has 1 saturated heterocycles. The van der Waals surface area contributed by atoms with E-state index in [1.54, 1.807) is 4.90 Å². The number of carbonyl (C=O) groups excluding carboxylic acids is 2. The van der Waals surface area contributed by atoms with Crippen LogP contribution < -0.4 is 10.6 Å². The largest absolute Gasteiger partial charge is 0.389 e. The smallest absolute Gasteiger partial charge is 0.321 e. The molecular weight excluding hydrogens is 238 g/mol. The highest BCUT2D eigenvalue weighted by Gasteiger charge is 2.30. The fourth-order valence-corrected chi connectivity index (χ4v) is 1.77. The van der Waals surface area contributed by atoms with E-state index in [0.717, 1.165) is 12.8 Å². The summed E-state index contributed by atoms with van der Waals surface area (Å²) < 4.78 is 0. The van der Waals surface area contributed by atoms with Crippen molar-refractivity contribution in [2.75, 3.05) is 26.2 Å². The molecule has 2 atom stereocenters. The molecule has 0 unspecified atom stereocenters. The van der Waals surface area contributed by atoms with Crippen LogP contribution >= 0.6 is 0 Å². The lowest BCUT2D eigenvalue weighted by molar-refractivity contribution is -0.121. The van der Waals surface area contributed by atoms with Crippen molar-refractivity contribution in [3.63, 3.8) is 0 Å². The first kappa shape index (κ1) is 14.9. The van der Waals surface area contributed by atoms with Gasteiger partial charge in [-0.05, 0) is 6.42 Å². The number of nitrogens with one attached hydrogen (secondary N) is 2. The molecular formula is C11H21N3O4. The first-order chi connectivity index (χ1) is 8.52. The standard InChI is InChI=1S/C11H21N3O4/c1-2-3-4-12-11(18)13-10(17)7-14-5-8(15)9(16)6-14/h8-9,15-16H,2-7H2,1H3,(H2,12,13,17,18)/t8-,9+. The molecule has 1 heterocycles. The number of nitrogens with zero attached hydrogens (tertiary/aromatic N) is 1. The Hall–Kier alpha value is -1.18. The number of aliphatic hydroxyl groups is 2. The van der Waals surface area contributed by atoms with E-state index in [1.807, 2.05) is 6.92 Å². The number of hydrogen-bond donors (Lipinski definition) is 4. The Kier molecular flexibility index (Phi) is 6.03. The maximum atomic E-state index is 11.5. The van der Waals surface area contributed by atoms with Gasteiger partial charge in [0.2, 0.25) is 5.91 Å². The Morgan fingerprint density at radius 2 is 1.89 bits per heavy atom. The van der Waals surface area contributed by atoms with Crippen molar-refractivity contribution >= 4 is 11.9 Å². The molecule has 3 amide bonds. The van der Waals surface area contributed by atoms with Crippen LogP contribution in [0.15, 0.2) is 0 Å². The lowest BCUT2D eigenvalue weighted by Gasteiger charge is -2.13. The zero-order valence-corrected chi connectivity index (χ0v) is 10.6. The maximum Gasteiger partial charge on any atom is 0.321 e. The van der Waals surface area contributed by atoms with Crippen molar-refractivity contribution in [2.24, 2.45) is 0 Å². The number of aliphatic hydroxyl groups excluding tert-OH is 2. The molecule has 0 spiro atoms. The first-order valence-electron chi connectivity index (χ1n) is 6.19. The van der Waals surface area contributed by atoms with Gasteiger partial charge in [0.05, 0.1) is 18.8 Å². The van der Waals surface area contributed by atoms with Crippen molar-refractivity contribution in [3.8, 4) is 0 Å². The normalized spacial score (nSPS) is 23.9. The molecule has 1 rings (SSSR count). The summed E-state index contributed by atoms with van der Waals surface area (Å²) in [7, 11) is 0. The van der Waals surface area contributed by atoms with Gasteiger partial charge >= 0.3 is 6.03 Å². The van der Waals surface area contributed by atoms with Gasteiger partial charge in [-0.2, -0.15) is 0 Å². The van der Waals surface area contributed by atoms with Crippen LogP contribution in [0.3, 0.4) is 0 Å². The second-order valence-electron chi connectivity index (χ2n) is 4.49. The van der Waals surface area contributed by atoms with Gasteiger partial charge in [-0.25, -0.2) is 4.79 Å². The third kappa shape index (κ3) is 4.99. The highest BCUT2D eigenvalue weighted by molar-refractivity contribution is 5.95. The number of imide groups is 1. The number of urea groups is 1. The number of rotatable bonds is 5. The Bertz CT molecular complexity index is 288. The highest BCUT2D eigenvalue weighted by atomic mass is 16.3. The maximum absolute atomic E-state index is 11.5. The van der Waals surface area contributed by atoms with Crippen LogP contribution in [0.4, 0.5) is 4.79 Å². The summed E-state index contributed by atoms with van der Waals surface area (Å²) in [4.78, 5) is 24.4. The molecule has 7 heteroatoms. The van der Waals surface area contributed by atoms with Gasteiger partial charge < -0.3 is 15.5 Å². The fraction of sp³-hybridized carbons (Fsp3) is 0.818. The molecule has 0 aromatic rings. The monoisotopic (exact) mass is 259 g/mol. The zero-order chi connectivity index (χ0) is 13.5. The van der Waals surface area contributed by atoms with Crippen LogP contribution in [-0.2, 0) is 4.79 Å². The summed E-state index contributed by atoms with van der Waals surface area (Å²) in [6.45, 7) is 3.03. The van der Waals surface area contributed by atoms with E-state index in [4.69, 9.17) is 0 Å². The van der Waals surface area contributed by atoms with Crippen molar-refractivity contribution < 1.29 is 19.8 Å². The van der Waals surface area contributed by atoms with E-state index in [1.165, 1.54) is 0 Å². The van der Waals surface area contributed by atoms with Crippen molar-refractivity contribution in [1.29, 1.82) is 0 Å². The van der Waals surface area contributed by atoms with Gasteiger partial charge in [-0.15, -0.1) is 0 Å². The number of amides is 3. The number of β-amino-alcohol motifs (C(OH)–C–C–N with tert-alkyl or cyclic N) is 2. The summed E-state index contributed by atoms with van der Waals surface area (Å²) in [5, 5.41) is 23.4. The molecule has 1 aliphatic rings. The summed E-state index contributed by atoms with van der Waals surface area (Å²) in [6, 6.07) is -0.506. The SMILES string of the molecule is CCCCNC(=O)NC(=O)CN1C[C@@H](O)[C@@H](O)C1. The van der Waals surface area contributed by atoms with Crippen LogP contribution in [0.1, 0.15) is 19.8 Å². The molecule has 0 saturated carbocycles. The average Bonchev–Trinajstić information content (AvgIpc) is 2.57. The predicted octanol–water partition coefficient (Wildman–Crippen LogP) is -1.35. The Labute approximate surface area is 106 Å². The van der Waals surface area contributed by atoms with Crippen molar-refractivity contribution in [1.82, 2.24) is 15.5 Å². The Balaban J connectivity index is 2.19. The zero-order valence-electron chi connectivity index (χ0n) is 10.6. The molecule has 0 bridgehead atoms. The third-order valence-corrected chi connectivity index (χ3v) is 2.77. The van der Waals surface area contributed by atoms with Crippen molar-refractivity contribution in [3.05, 3.63) is 0 Å². The number of hydrogen-bond acceptors (Lipinski definition) is 5. The van der Waals surface area contributed by atoms with Crippen LogP contribution in [0.5, 0.6) is 0 Å². The number of unbranched alkanes of at least 4 members (excludes halogenated alkanes) is 1. The lowest BCUT2D eigenvalue weighted by Crippen LogP contribution is -2.44. The molecule has 1 aliphatic heterocycles. The van der Waals surface area contributed by atoms with E-state index < -0.39 is 24.1 Å². The van der Waals surface area contributed by atoms with Crippen LogP contribution in [0.25, 0.3) is 0 Å². The van der Waals surface area contributed by atoms with Gasteiger partial charge in [0.1, 0.15) is 0 Å². The fourth-order valence-electron chi connectivity index (χ4n) is 1.77. The second-order valence-corrected chi connectivity index (χ2v) is 4.49. The van der Waals surface area contributed by atoms with Crippen LogP contribution in [0, 0.1) is 0 Å². The molecule has 0 aliphatic carbocycles. The number of carbonyl (C=O) groups is 2. The topological polar surface area (TPSA) is 102 Å². The van der Waals surface area contributed by atoms with Crippen molar-refractivity contribution in [2.45, 2.75) is 32.0 Å². The van der Waals surface area contributed by atoms with E-state index in [2.05, 4.69) is 10.6 Å². The Morgan fingerprint density at radius 3 is 2.44 bits per heavy atom. The molecule has 4 N–H and O–H groups in total. The minimum Gasteiger partial charge on any atom is -0.389 e. The van der Waals surface area contributed by atoms with E-state index >= 15 is 0 Å². The summed E-state index contributed by atoms with van der Waals surface area (Å²) in [6.07, 6.45) is 0.191. The molecule has 0 radical (unpaired) electrons. The third-order valence-electron chi connectivity index (χ3n) is 2.77. The van der Waals surface area contributed by atoms with Gasteiger partial charge in [0.25, 0.3) is 0 Å². The molecule has 1 fully saturated rings. The quantitative estimate of drug-likeness (QED) is 0.457. The van der Waals surface area contributed by atoms with E-state index in [-0.39, 0.29) is 19.6 Å². The average molecular weight is 259 g/mol. The van der Waals surface area contributed by atoms with Crippen LogP contribution in [-0.4, -0.2) is 65.4 Å². The minimum absolute atomic E-state index is 0.00465. The molecule has 104 valence electrons. The van der Waals surface area contributed by atoms with Gasteiger partial charge in [0.15, 0.2) is 0 Å². The summed E-state index contributed by atoms with van der Waals surface area (Å²) in [5.74, 6) is -0.440. The minimum atomic E-state index is -0.823. The van der Waals surface area contributed by atoms with Gasteiger partial charge in [-0.1, -0.05) is 13.3 Å². The molecule has 18 heavy (non-hydrogen) atoms. The number of likely N-dealkylation sites (tertiary alicyclic amines) is 1. The van der Waals surface area contributed by atoms with Crippen LogP contribution in [0.2, 0.25) is 0 Å². The summed E-state index contributed by atoms with van der Waals surface area (Å²) >= 11 is 0. The van der Waals surface area contributed by atoms with E-state index in [0.29, 0.717) is 6.54 Å². The summed E-state index contributed by atoms with van der Waals surface area (Å²) in [5.41, 5.74) is 0. The Morgan fingerprint density at radius 1 is 1.28 bits per heavy atom. The van der Waals surface area contributed by atoms with Gasteiger partial charge in [0, 0.05) is 19.6 Å². The molecule has 0 aromatic heterocycles. The van der Waals surface area contributed by atoms with Gasteiger partial charge in [-0.3, -0.25) is 15.0 Å². The molecule has 0 aromatic carbocycles. The highest BCUT2D eigenvalue weighted by Crippen LogP contribution is 2.08. The first-order valence-corrected chi connectivity index (χ1v) is 6.19. The van der Waals surface area contributed by atoms with E-state index in [9.17, 15) is 19.8 Å². The molecule has 7 nitrogen and oxygen atoms in total.